The zero-order chi connectivity index (χ0) is 37.5. The standard InChI is InChI=1S/C42H55N2O8/c1-29(14-18-34(46)25-32-16-19-35(20-17-32)51-27-37-11-7-21-49-37)23-39(43-4)42(48)44(5)40(24-30(2)13-15-31(3)45)41(47)33-9-6-10-36(26-33)52-28-38-12-8-22-50-38/h6-8,10-12,16-17,19-22,26,29-31,34,39-40,43,45-46H,13-15,18,23-25,27-28H2,1-5H3/t29?,30?,31?,34?,39-,40-/m0/s1. The Bertz CT molecular complexity index is 1600. The molecule has 2 aromatic carbocycles. The average molecular weight is 716 g/mol. The molecule has 1 amide bonds. The van der Waals surface area contributed by atoms with Gasteiger partial charge in [-0.15, -0.1) is 0 Å². The summed E-state index contributed by atoms with van der Waals surface area (Å²) in [5, 5.41) is 23.9. The van der Waals surface area contributed by atoms with Crippen molar-refractivity contribution in [2.75, 3.05) is 14.1 Å². The summed E-state index contributed by atoms with van der Waals surface area (Å²) in [5.74, 6) is 2.48. The molecule has 0 aliphatic rings. The third kappa shape index (κ3) is 13.0. The highest BCUT2D eigenvalue weighted by molar-refractivity contribution is 6.02. The van der Waals surface area contributed by atoms with Gasteiger partial charge in [-0.25, -0.2) is 0 Å². The molecule has 1 radical (unpaired) electrons. The molecular formula is C42H55N2O8. The second kappa shape index (κ2) is 20.6. The molecule has 0 saturated carbocycles. The number of carbonyl (C=O) groups is 2. The molecule has 10 nitrogen and oxygen atoms in total. The zero-order valence-electron chi connectivity index (χ0n) is 31.1. The van der Waals surface area contributed by atoms with Crippen molar-refractivity contribution in [3.8, 4) is 11.5 Å². The van der Waals surface area contributed by atoms with Gasteiger partial charge in [-0.05, 0) is 137 Å². The summed E-state index contributed by atoms with van der Waals surface area (Å²) in [6, 6.07) is 21.8. The Morgan fingerprint density at radius 1 is 0.827 bits per heavy atom. The van der Waals surface area contributed by atoms with Crippen LogP contribution in [0.4, 0.5) is 0 Å². The van der Waals surface area contributed by atoms with Gasteiger partial charge in [-0.3, -0.25) is 9.59 Å². The second-order valence-electron chi connectivity index (χ2n) is 14.0. The van der Waals surface area contributed by atoms with Crippen molar-refractivity contribution in [3.63, 3.8) is 0 Å². The monoisotopic (exact) mass is 715 g/mol. The number of carbonyl (C=O) groups excluding carboxylic acids is 2. The van der Waals surface area contributed by atoms with Crippen molar-refractivity contribution in [2.45, 2.75) is 103 Å². The van der Waals surface area contributed by atoms with E-state index in [4.69, 9.17) is 18.3 Å². The van der Waals surface area contributed by atoms with Crippen LogP contribution in [0.15, 0.2) is 88.1 Å². The molecule has 0 aliphatic carbocycles. The number of benzene rings is 2. The lowest BCUT2D eigenvalue weighted by Crippen LogP contribution is -2.51. The van der Waals surface area contributed by atoms with E-state index in [1.54, 1.807) is 62.7 Å². The lowest BCUT2D eigenvalue weighted by molar-refractivity contribution is -0.134. The van der Waals surface area contributed by atoms with Crippen LogP contribution in [0.3, 0.4) is 0 Å². The highest BCUT2D eigenvalue weighted by atomic mass is 16.5. The van der Waals surface area contributed by atoms with E-state index in [9.17, 15) is 19.8 Å². The van der Waals surface area contributed by atoms with Crippen molar-refractivity contribution < 1.29 is 38.1 Å². The molecule has 0 saturated heterocycles. The molecule has 0 fully saturated rings. The summed E-state index contributed by atoms with van der Waals surface area (Å²) in [6.07, 6.45) is 6.39. The Morgan fingerprint density at radius 2 is 1.44 bits per heavy atom. The van der Waals surface area contributed by atoms with E-state index >= 15 is 0 Å². The normalized spacial score (nSPS) is 14.9. The molecule has 0 spiro atoms. The maximum Gasteiger partial charge on any atom is 0.240 e. The van der Waals surface area contributed by atoms with Crippen LogP contribution >= 0.6 is 0 Å². The Morgan fingerprint density at radius 3 is 2.04 bits per heavy atom. The zero-order valence-corrected chi connectivity index (χ0v) is 31.1. The second-order valence-corrected chi connectivity index (χ2v) is 14.0. The number of aliphatic hydroxyl groups is 2. The van der Waals surface area contributed by atoms with E-state index in [1.165, 1.54) is 0 Å². The predicted molar refractivity (Wildman–Crippen MR) is 199 cm³/mol. The van der Waals surface area contributed by atoms with Crippen molar-refractivity contribution >= 4 is 11.7 Å². The first-order valence-corrected chi connectivity index (χ1v) is 18.3. The first-order chi connectivity index (χ1) is 25.0. The Balaban J connectivity index is 1.33. The SMILES string of the molecule is CN[C@@H](CC(C)CCC(O)Cc1ccc(OCc2ccco2)cc1)C(=O)N(C)[C@@H](CC(C)CCC(C)O)C(=O)c1[c]ccc(OCc2ccco2)c1. The van der Waals surface area contributed by atoms with Crippen LogP contribution in [0, 0.1) is 17.9 Å². The van der Waals surface area contributed by atoms with Crippen LogP contribution in [-0.4, -0.2) is 65.2 Å². The molecule has 4 rings (SSSR count). The molecule has 3 N–H and O–H groups in total. The number of furan rings is 2. The van der Waals surface area contributed by atoms with Crippen molar-refractivity contribution in [1.29, 1.82) is 0 Å². The fourth-order valence-corrected chi connectivity index (χ4v) is 6.26. The lowest BCUT2D eigenvalue weighted by atomic mass is 9.89. The summed E-state index contributed by atoms with van der Waals surface area (Å²) < 4.78 is 22.3. The van der Waals surface area contributed by atoms with Gasteiger partial charge in [-0.2, -0.15) is 0 Å². The molecular weight excluding hydrogens is 660 g/mol. The number of rotatable bonds is 23. The van der Waals surface area contributed by atoms with Gasteiger partial charge in [-0.1, -0.05) is 26.0 Å². The fraction of sp³-hybridized carbons (Fsp3) is 0.476. The maximum absolute atomic E-state index is 14.1. The van der Waals surface area contributed by atoms with Gasteiger partial charge in [0.05, 0.1) is 36.8 Å². The number of ketones is 1. The van der Waals surface area contributed by atoms with Gasteiger partial charge in [0.15, 0.2) is 5.78 Å². The molecule has 6 atom stereocenters. The van der Waals surface area contributed by atoms with Crippen molar-refractivity contribution in [3.05, 3.63) is 108 Å². The summed E-state index contributed by atoms with van der Waals surface area (Å²) >= 11 is 0. The molecule has 2 heterocycles. The van der Waals surface area contributed by atoms with E-state index in [1.807, 2.05) is 49.4 Å². The first-order valence-electron chi connectivity index (χ1n) is 18.3. The van der Waals surface area contributed by atoms with E-state index in [-0.39, 0.29) is 30.1 Å². The highest BCUT2D eigenvalue weighted by Gasteiger charge is 2.33. The van der Waals surface area contributed by atoms with E-state index < -0.39 is 24.3 Å². The predicted octanol–water partition coefficient (Wildman–Crippen LogP) is 7.03. The fourth-order valence-electron chi connectivity index (χ4n) is 6.26. The van der Waals surface area contributed by atoms with E-state index in [0.29, 0.717) is 55.8 Å². The number of likely N-dealkylation sites (N-methyl/N-ethyl adjacent to an activating group) is 2. The summed E-state index contributed by atoms with van der Waals surface area (Å²) in [7, 11) is 3.45. The number of nitrogens with one attached hydrogen (secondary N) is 1. The van der Waals surface area contributed by atoms with Crippen LogP contribution in [-0.2, 0) is 24.4 Å². The van der Waals surface area contributed by atoms with Gasteiger partial charge < -0.3 is 38.7 Å². The number of hydrogen-bond acceptors (Lipinski definition) is 9. The Labute approximate surface area is 308 Å². The summed E-state index contributed by atoms with van der Waals surface area (Å²) in [6.45, 7) is 6.46. The minimum atomic E-state index is -0.733. The minimum absolute atomic E-state index is 0.0797. The molecule has 0 bridgehead atoms. The van der Waals surface area contributed by atoms with Crippen LogP contribution in [0.1, 0.15) is 86.7 Å². The average Bonchev–Trinajstić information content (AvgIpc) is 3.88. The topological polar surface area (TPSA) is 135 Å². The van der Waals surface area contributed by atoms with Crippen molar-refractivity contribution in [1.82, 2.24) is 10.2 Å². The number of amides is 1. The van der Waals surface area contributed by atoms with Crippen LogP contribution in [0.2, 0.25) is 0 Å². The number of hydrogen-bond donors (Lipinski definition) is 3. The number of Topliss-reactive ketones (excluding diaryl/α,β-unsaturated/α-hetero) is 1. The van der Waals surface area contributed by atoms with E-state index in [0.717, 1.165) is 29.9 Å². The molecule has 0 aliphatic heterocycles. The third-order valence-corrected chi connectivity index (χ3v) is 9.45. The van der Waals surface area contributed by atoms with Crippen LogP contribution in [0.25, 0.3) is 0 Å². The van der Waals surface area contributed by atoms with Gasteiger partial charge in [0, 0.05) is 12.6 Å². The molecule has 10 heteroatoms. The number of nitrogens with zero attached hydrogens (tertiary/aromatic N) is 1. The summed E-state index contributed by atoms with van der Waals surface area (Å²) in [4.78, 5) is 29.7. The molecule has 2 aromatic heterocycles. The smallest absolute Gasteiger partial charge is 0.240 e. The minimum Gasteiger partial charge on any atom is -0.486 e. The molecule has 4 unspecified atom stereocenters. The first kappa shape index (κ1) is 40.4. The van der Waals surface area contributed by atoms with Gasteiger partial charge >= 0.3 is 0 Å². The van der Waals surface area contributed by atoms with Gasteiger partial charge in [0.25, 0.3) is 0 Å². The van der Waals surface area contributed by atoms with Crippen LogP contribution in [0.5, 0.6) is 11.5 Å². The molecule has 52 heavy (non-hydrogen) atoms. The summed E-state index contributed by atoms with van der Waals surface area (Å²) in [5.41, 5.74) is 1.35. The van der Waals surface area contributed by atoms with E-state index in [2.05, 4.69) is 18.3 Å². The van der Waals surface area contributed by atoms with Crippen molar-refractivity contribution in [2.24, 2.45) is 11.8 Å². The molecule has 281 valence electrons. The van der Waals surface area contributed by atoms with Crippen LogP contribution < -0.4 is 14.8 Å². The quantitative estimate of drug-likeness (QED) is 0.0693. The third-order valence-electron chi connectivity index (χ3n) is 9.45. The number of ether oxygens (including phenoxy) is 2. The molecule has 4 aromatic rings. The highest BCUT2D eigenvalue weighted by Crippen LogP contribution is 2.25. The van der Waals surface area contributed by atoms with Gasteiger partial charge in [0.1, 0.15) is 36.2 Å². The largest absolute Gasteiger partial charge is 0.486 e. The Kier molecular flexibility index (Phi) is 16.0. The lowest BCUT2D eigenvalue weighted by Gasteiger charge is -2.33. The number of aliphatic hydroxyl groups excluding tert-OH is 2. The Hall–Kier alpha value is -4.38. The maximum atomic E-state index is 14.1. The van der Waals surface area contributed by atoms with Gasteiger partial charge in [0.2, 0.25) is 5.91 Å².